The van der Waals surface area contributed by atoms with E-state index >= 15 is 0 Å². The molecule has 0 saturated carbocycles. The fraction of sp³-hybridized carbons (Fsp3) is 0.500. The molecule has 0 bridgehead atoms. The lowest BCUT2D eigenvalue weighted by molar-refractivity contribution is 0.0955. The zero-order chi connectivity index (χ0) is 13.4. The van der Waals surface area contributed by atoms with Crippen molar-refractivity contribution in [2.45, 2.75) is 44.6 Å². The van der Waals surface area contributed by atoms with Crippen LogP contribution in [0.2, 0.25) is 0 Å². The molecule has 2 N–H and O–H groups in total. The molecule has 0 saturated heterocycles. The first-order valence-electron chi connectivity index (χ1n) is 6.72. The summed E-state index contributed by atoms with van der Waals surface area (Å²) in [5.74, 6) is 0.513. The third-order valence-electron chi connectivity index (χ3n) is 3.30. The van der Waals surface area contributed by atoms with E-state index in [0.29, 0.717) is 5.92 Å². The smallest absolute Gasteiger partial charge is 0.102 e. The molecular formula is C16H24O2. The van der Waals surface area contributed by atoms with Crippen LogP contribution in [-0.4, -0.2) is 16.8 Å². The average Bonchev–Trinajstić information content (AvgIpc) is 2.42. The van der Waals surface area contributed by atoms with Gasteiger partial charge in [-0.2, -0.15) is 0 Å². The van der Waals surface area contributed by atoms with E-state index in [1.807, 2.05) is 24.3 Å². The van der Waals surface area contributed by atoms with Crippen molar-refractivity contribution < 1.29 is 10.2 Å². The van der Waals surface area contributed by atoms with Gasteiger partial charge in [0.05, 0.1) is 6.61 Å². The number of hydrogen-bond acceptors (Lipinski definition) is 2. The zero-order valence-electron chi connectivity index (χ0n) is 11.2. The number of benzene rings is 1. The van der Waals surface area contributed by atoms with Crippen LogP contribution in [0.25, 0.3) is 0 Å². The van der Waals surface area contributed by atoms with Crippen LogP contribution in [0.5, 0.6) is 0 Å². The molecule has 18 heavy (non-hydrogen) atoms. The van der Waals surface area contributed by atoms with Crippen LogP contribution in [0.4, 0.5) is 0 Å². The molecular weight excluding hydrogens is 224 g/mol. The normalized spacial score (nSPS) is 14.2. The third-order valence-corrected chi connectivity index (χ3v) is 3.30. The van der Waals surface area contributed by atoms with Gasteiger partial charge < -0.3 is 10.2 Å². The average molecular weight is 248 g/mol. The van der Waals surface area contributed by atoms with Gasteiger partial charge in [-0.15, -0.1) is 6.58 Å². The van der Waals surface area contributed by atoms with Gasteiger partial charge in [0.1, 0.15) is 6.10 Å². The second-order valence-electron chi connectivity index (χ2n) is 4.72. The lowest BCUT2D eigenvalue weighted by atomic mass is 9.89. The molecule has 100 valence electrons. The van der Waals surface area contributed by atoms with E-state index in [1.165, 1.54) is 5.56 Å². The molecule has 2 heteroatoms. The van der Waals surface area contributed by atoms with Gasteiger partial charge in [-0.25, -0.2) is 0 Å². The minimum atomic E-state index is -0.772. The fourth-order valence-corrected chi connectivity index (χ4v) is 2.27. The highest BCUT2D eigenvalue weighted by Gasteiger charge is 2.12. The summed E-state index contributed by atoms with van der Waals surface area (Å²) in [5.41, 5.74) is 2.05. The minimum Gasteiger partial charge on any atom is -0.393 e. The monoisotopic (exact) mass is 248 g/mol. The van der Waals surface area contributed by atoms with Crippen molar-refractivity contribution in [1.82, 2.24) is 0 Å². The summed E-state index contributed by atoms with van der Waals surface area (Å²) >= 11 is 0. The molecule has 0 aliphatic carbocycles. The zero-order valence-corrected chi connectivity index (χ0v) is 11.2. The summed E-state index contributed by atoms with van der Waals surface area (Å²) in [6, 6.07) is 7.95. The molecule has 1 aromatic carbocycles. The Hall–Kier alpha value is -1.12. The fourth-order valence-electron chi connectivity index (χ4n) is 2.27. The Morgan fingerprint density at radius 3 is 2.61 bits per heavy atom. The van der Waals surface area contributed by atoms with Crippen molar-refractivity contribution in [3.05, 3.63) is 48.0 Å². The van der Waals surface area contributed by atoms with Gasteiger partial charge in [-0.05, 0) is 36.3 Å². The molecule has 0 amide bonds. The van der Waals surface area contributed by atoms with Crippen molar-refractivity contribution >= 4 is 0 Å². The first kappa shape index (κ1) is 14.9. The highest BCUT2D eigenvalue weighted by molar-refractivity contribution is 5.28. The second kappa shape index (κ2) is 8.06. The highest BCUT2D eigenvalue weighted by Crippen LogP contribution is 2.28. The van der Waals surface area contributed by atoms with Gasteiger partial charge in [0.25, 0.3) is 0 Å². The predicted octanol–water partition coefficient (Wildman–Crippen LogP) is 3.56. The van der Waals surface area contributed by atoms with E-state index in [2.05, 4.69) is 19.6 Å². The Morgan fingerprint density at radius 1 is 1.28 bits per heavy atom. The van der Waals surface area contributed by atoms with Crippen LogP contribution in [0.1, 0.15) is 55.8 Å². The lowest BCUT2D eigenvalue weighted by Crippen LogP contribution is -2.05. The van der Waals surface area contributed by atoms with E-state index in [-0.39, 0.29) is 6.61 Å². The summed E-state index contributed by atoms with van der Waals surface area (Å²) in [7, 11) is 0. The number of aliphatic hydroxyl groups excluding tert-OH is 2. The minimum absolute atomic E-state index is 0.228. The summed E-state index contributed by atoms with van der Waals surface area (Å²) in [6.07, 6.45) is 5.58. The maximum absolute atomic E-state index is 9.68. The van der Waals surface area contributed by atoms with Crippen LogP contribution in [0.15, 0.2) is 36.9 Å². The van der Waals surface area contributed by atoms with E-state index in [9.17, 15) is 5.11 Å². The van der Waals surface area contributed by atoms with Crippen molar-refractivity contribution in [2.24, 2.45) is 0 Å². The molecule has 0 aliphatic rings. The van der Waals surface area contributed by atoms with Gasteiger partial charge in [-0.3, -0.25) is 0 Å². The highest BCUT2D eigenvalue weighted by atomic mass is 16.3. The quantitative estimate of drug-likeness (QED) is 0.691. The van der Waals surface area contributed by atoms with Crippen LogP contribution >= 0.6 is 0 Å². The number of rotatable bonds is 8. The summed E-state index contributed by atoms with van der Waals surface area (Å²) in [5, 5.41) is 18.7. The maximum Gasteiger partial charge on any atom is 0.102 e. The van der Waals surface area contributed by atoms with Crippen molar-refractivity contribution in [3.8, 4) is 0 Å². The maximum atomic E-state index is 9.68. The Bertz CT molecular complexity index is 360. The molecule has 1 aromatic rings. The van der Waals surface area contributed by atoms with E-state index in [0.717, 1.165) is 31.2 Å². The van der Waals surface area contributed by atoms with Gasteiger partial charge in [0.15, 0.2) is 0 Å². The van der Waals surface area contributed by atoms with Crippen LogP contribution in [0.3, 0.4) is 0 Å². The molecule has 2 atom stereocenters. The Labute approximate surface area is 110 Å². The number of hydrogen-bond donors (Lipinski definition) is 2. The van der Waals surface area contributed by atoms with Gasteiger partial charge in [-0.1, -0.05) is 43.7 Å². The van der Waals surface area contributed by atoms with Crippen molar-refractivity contribution in [3.63, 3.8) is 0 Å². The Balaban J connectivity index is 2.86. The Kier molecular flexibility index (Phi) is 6.69. The third kappa shape index (κ3) is 4.28. The van der Waals surface area contributed by atoms with Crippen LogP contribution < -0.4 is 0 Å². The number of allylic oxidation sites excluding steroid dienone is 1. The Morgan fingerprint density at radius 2 is 2.00 bits per heavy atom. The van der Waals surface area contributed by atoms with Crippen molar-refractivity contribution in [1.29, 1.82) is 0 Å². The largest absolute Gasteiger partial charge is 0.393 e. The standard InChI is InChI=1S/C16H24O2/c1-3-5-8-13(7-4-2)14-9-6-10-15(11-14)16(18)12-17/h3,6,9-11,13,16-18H,1,4-5,7-8,12H2,2H3. The SMILES string of the molecule is C=CCCC(CCC)c1cccc(C(O)CO)c1. The molecule has 0 fully saturated rings. The predicted molar refractivity (Wildman–Crippen MR) is 75.6 cm³/mol. The molecule has 0 heterocycles. The summed E-state index contributed by atoms with van der Waals surface area (Å²) in [6.45, 7) is 5.73. The van der Waals surface area contributed by atoms with Crippen molar-refractivity contribution in [2.75, 3.05) is 6.61 Å². The van der Waals surface area contributed by atoms with Gasteiger partial charge in [0.2, 0.25) is 0 Å². The first-order valence-corrected chi connectivity index (χ1v) is 6.72. The summed E-state index contributed by atoms with van der Waals surface area (Å²) < 4.78 is 0. The number of aliphatic hydroxyl groups is 2. The van der Waals surface area contributed by atoms with E-state index in [4.69, 9.17) is 5.11 Å². The molecule has 2 unspecified atom stereocenters. The van der Waals surface area contributed by atoms with E-state index in [1.54, 1.807) is 0 Å². The molecule has 0 aromatic heterocycles. The lowest BCUT2D eigenvalue weighted by Gasteiger charge is -2.18. The summed E-state index contributed by atoms with van der Waals surface area (Å²) in [4.78, 5) is 0. The molecule has 0 radical (unpaired) electrons. The topological polar surface area (TPSA) is 40.5 Å². The van der Waals surface area contributed by atoms with E-state index < -0.39 is 6.10 Å². The van der Waals surface area contributed by atoms with Gasteiger partial charge >= 0.3 is 0 Å². The molecule has 0 aliphatic heterocycles. The van der Waals surface area contributed by atoms with Gasteiger partial charge in [0, 0.05) is 0 Å². The van der Waals surface area contributed by atoms with Crippen LogP contribution in [0, 0.1) is 0 Å². The molecule has 2 nitrogen and oxygen atoms in total. The first-order chi connectivity index (χ1) is 8.72. The second-order valence-corrected chi connectivity index (χ2v) is 4.72. The van der Waals surface area contributed by atoms with Crippen LogP contribution in [-0.2, 0) is 0 Å². The molecule has 1 rings (SSSR count). The molecule has 0 spiro atoms.